The van der Waals surface area contributed by atoms with E-state index in [4.69, 9.17) is 5.73 Å². The van der Waals surface area contributed by atoms with Crippen LogP contribution in [-0.4, -0.2) is 18.5 Å². The third kappa shape index (κ3) is 3.53. The smallest absolute Gasteiger partial charge is 0.251 e. The van der Waals surface area contributed by atoms with Crippen molar-refractivity contribution in [2.24, 2.45) is 11.7 Å². The highest BCUT2D eigenvalue weighted by molar-refractivity contribution is 5.94. The van der Waals surface area contributed by atoms with Crippen LogP contribution >= 0.6 is 0 Å². The minimum atomic E-state index is -0.379. The number of amides is 1. The van der Waals surface area contributed by atoms with Crippen molar-refractivity contribution < 1.29 is 9.18 Å². The highest BCUT2D eigenvalue weighted by Gasteiger charge is 2.25. The number of hydrogen-bond acceptors (Lipinski definition) is 2. The van der Waals surface area contributed by atoms with E-state index < -0.39 is 0 Å². The second kappa shape index (κ2) is 6.15. The van der Waals surface area contributed by atoms with Crippen LogP contribution in [-0.2, 0) is 0 Å². The quantitative estimate of drug-likeness (QED) is 0.877. The van der Waals surface area contributed by atoms with Crippen molar-refractivity contribution in [2.75, 3.05) is 6.54 Å². The van der Waals surface area contributed by atoms with E-state index in [0.717, 1.165) is 18.4 Å². The molecule has 104 valence electrons. The van der Waals surface area contributed by atoms with E-state index in [1.165, 1.54) is 25.0 Å². The SMILES string of the molecule is Cc1cc(F)cc(C(=O)NC(CN)C2CCCC2)c1. The molecule has 4 heteroatoms. The fourth-order valence-corrected chi connectivity index (χ4v) is 2.85. The average Bonchev–Trinajstić information content (AvgIpc) is 2.88. The summed E-state index contributed by atoms with van der Waals surface area (Å²) in [6.45, 7) is 2.21. The highest BCUT2D eigenvalue weighted by Crippen LogP contribution is 2.27. The predicted octanol–water partition coefficient (Wildman–Crippen LogP) is 2.38. The Morgan fingerprint density at radius 1 is 1.42 bits per heavy atom. The summed E-state index contributed by atoms with van der Waals surface area (Å²) in [5.74, 6) is -0.149. The number of aryl methyl sites for hydroxylation is 1. The number of rotatable bonds is 4. The standard InChI is InChI=1S/C15H21FN2O/c1-10-6-12(8-13(16)7-10)15(19)18-14(9-17)11-4-2-3-5-11/h6-8,11,14H,2-5,9,17H2,1H3,(H,18,19). The van der Waals surface area contributed by atoms with Gasteiger partial charge in [-0.1, -0.05) is 12.8 Å². The number of nitrogens with one attached hydrogen (secondary N) is 1. The van der Waals surface area contributed by atoms with Gasteiger partial charge in [0.05, 0.1) is 0 Å². The van der Waals surface area contributed by atoms with Gasteiger partial charge in [-0.3, -0.25) is 4.79 Å². The molecule has 1 aliphatic carbocycles. The van der Waals surface area contributed by atoms with E-state index in [2.05, 4.69) is 5.32 Å². The number of nitrogens with two attached hydrogens (primary N) is 1. The molecule has 1 aromatic carbocycles. The van der Waals surface area contributed by atoms with Crippen LogP contribution in [0.2, 0.25) is 0 Å². The Hall–Kier alpha value is -1.42. The summed E-state index contributed by atoms with van der Waals surface area (Å²) in [6.07, 6.45) is 4.64. The highest BCUT2D eigenvalue weighted by atomic mass is 19.1. The predicted molar refractivity (Wildman–Crippen MR) is 73.4 cm³/mol. The van der Waals surface area contributed by atoms with Crippen LogP contribution in [0.25, 0.3) is 0 Å². The monoisotopic (exact) mass is 264 g/mol. The van der Waals surface area contributed by atoms with Gasteiger partial charge in [0.2, 0.25) is 0 Å². The second-order valence-corrected chi connectivity index (χ2v) is 5.38. The minimum Gasteiger partial charge on any atom is -0.348 e. The Kier molecular flexibility index (Phi) is 4.53. The summed E-state index contributed by atoms with van der Waals surface area (Å²) in [5.41, 5.74) is 6.87. The van der Waals surface area contributed by atoms with Crippen LogP contribution in [0.5, 0.6) is 0 Å². The average molecular weight is 264 g/mol. The van der Waals surface area contributed by atoms with Gasteiger partial charge in [0.15, 0.2) is 0 Å². The minimum absolute atomic E-state index is 0.00132. The molecule has 0 heterocycles. The molecule has 1 fully saturated rings. The van der Waals surface area contributed by atoms with Gasteiger partial charge in [-0.05, 0) is 49.4 Å². The maximum absolute atomic E-state index is 13.3. The van der Waals surface area contributed by atoms with Crippen LogP contribution in [0.3, 0.4) is 0 Å². The van der Waals surface area contributed by atoms with E-state index in [1.54, 1.807) is 13.0 Å². The van der Waals surface area contributed by atoms with E-state index >= 15 is 0 Å². The van der Waals surface area contributed by atoms with Crippen LogP contribution in [0.15, 0.2) is 18.2 Å². The Balaban J connectivity index is 2.06. The second-order valence-electron chi connectivity index (χ2n) is 5.38. The topological polar surface area (TPSA) is 55.1 Å². The zero-order valence-electron chi connectivity index (χ0n) is 11.3. The summed E-state index contributed by atoms with van der Waals surface area (Å²) in [5, 5.41) is 2.95. The number of hydrogen-bond donors (Lipinski definition) is 2. The first kappa shape index (κ1) is 14.0. The van der Waals surface area contributed by atoms with Gasteiger partial charge in [0.1, 0.15) is 5.82 Å². The van der Waals surface area contributed by atoms with Crippen molar-refractivity contribution in [2.45, 2.75) is 38.6 Å². The van der Waals surface area contributed by atoms with Crippen molar-refractivity contribution in [1.82, 2.24) is 5.32 Å². The Bertz CT molecular complexity index is 435. The lowest BCUT2D eigenvalue weighted by molar-refractivity contribution is 0.0923. The molecule has 1 aromatic rings. The van der Waals surface area contributed by atoms with E-state index in [-0.39, 0.29) is 17.8 Å². The van der Waals surface area contributed by atoms with Crippen LogP contribution in [0, 0.1) is 18.7 Å². The lowest BCUT2D eigenvalue weighted by atomic mass is 9.97. The Morgan fingerprint density at radius 2 is 2.11 bits per heavy atom. The van der Waals surface area contributed by atoms with Gasteiger partial charge in [0, 0.05) is 18.2 Å². The molecule has 1 saturated carbocycles. The van der Waals surface area contributed by atoms with Gasteiger partial charge in [-0.15, -0.1) is 0 Å². The first-order valence-corrected chi connectivity index (χ1v) is 6.88. The summed E-state index contributed by atoms with van der Waals surface area (Å²) in [7, 11) is 0. The molecule has 1 unspecified atom stereocenters. The van der Waals surface area contributed by atoms with E-state index in [0.29, 0.717) is 18.0 Å². The molecule has 0 radical (unpaired) electrons. The molecule has 19 heavy (non-hydrogen) atoms. The van der Waals surface area contributed by atoms with Gasteiger partial charge >= 0.3 is 0 Å². The largest absolute Gasteiger partial charge is 0.348 e. The van der Waals surface area contributed by atoms with Gasteiger partial charge in [-0.25, -0.2) is 4.39 Å². The maximum Gasteiger partial charge on any atom is 0.251 e. The molecule has 1 amide bonds. The molecule has 0 saturated heterocycles. The number of carbonyl (C=O) groups excluding carboxylic acids is 1. The zero-order valence-corrected chi connectivity index (χ0v) is 11.3. The lowest BCUT2D eigenvalue weighted by Gasteiger charge is -2.23. The third-order valence-electron chi connectivity index (χ3n) is 3.84. The lowest BCUT2D eigenvalue weighted by Crippen LogP contribution is -2.44. The summed E-state index contributed by atoms with van der Waals surface area (Å²) >= 11 is 0. The Morgan fingerprint density at radius 3 is 2.68 bits per heavy atom. The van der Waals surface area contributed by atoms with Gasteiger partial charge in [-0.2, -0.15) is 0 Å². The van der Waals surface area contributed by atoms with Gasteiger partial charge in [0.25, 0.3) is 5.91 Å². The summed E-state index contributed by atoms with van der Waals surface area (Å²) < 4.78 is 13.3. The molecule has 3 N–H and O–H groups in total. The van der Waals surface area contributed by atoms with Crippen LogP contribution in [0.4, 0.5) is 4.39 Å². The number of carbonyl (C=O) groups is 1. The van der Waals surface area contributed by atoms with Crippen molar-refractivity contribution in [3.63, 3.8) is 0 Å². The molecule has 3 nitrogen and oxygen atoms in total. The first-order valence-electron chi connectivity index (χ1n) is 6.88. The van der Waals surface area contributed by atoms with Crippen LogP contribution in [0.1, 0.15) is 41.6 Å². The van der Waals surface area contributed by atoms with E-state index in [1.807, 2.05) is 0 Å². The fourth-order valence-electron chi connectivity index (χ4n) is 2.85. The molecule has 2 rings (SSSR count). The first-order chi connectivity index (χ1) is 9.10. The molecular formula is C15H21FN2O. The number of benzene rings is 1. The third-order valence-corrected chi connectivity index (χ3v) is 3.84. The Labute approximate surface area is 113 Å². The van der Waals surface area contributed by atoms with Crippen molar-refractivity contribution >= 4 is 5.91 Å². The van der Waals surface area contributed by atoms with Crippen molar-refractivity contribution in [3.05, 3.63) is 35.1 Å². The molecule has 1 aliphatic rings. The normalized spacial score (nSPS) is 17.4. The molecule has 0 spiro atoms. The maximum atomic E-state index is 13.3. The zero-order chi connectivity index (χ0) is 13.8. The molecule has 0 bridgehead atoms. The molecule has 0 aliphatic heterocycles. The van der Waals surface area contributed by atoms with Crippen LogP contribution < -0.4 is 11.1 Å². The molecular weight excluding hydrogens is 243 g/mol. The van der Waals surface area contributed by atoms with Gasteiger partial charge < -0.3 is 11.1 Å². The van der Waals surface area contributed by atoms with Crippen molar-refractivity contribution in [1.29, 1.82) is 0 Å². The summed E-state index contributed by atoms with van der Waals surface area (Å²) in [4.78, 5) is 12.1. The summed E-state index contributed by atoms with van der Waals surface area (Å²) in [6, 6.07) is 4.37. The molecule has 1 atom stereocenters. The number of halogens is 1. The molecule has 0 aromatic heterocycles. The van der Waals surface area contributed by atoms with E-state index in [9.17, 15) is 9.18 Å². The fraction of sp³-hybridized carbons (Fsp3) is 0.533. The van der Waals surface area contributed by atoms with Crippen molar-refractivity contribution in [3.8, 4) is 0 Å².